The summed E-state index contributed by atoms with van der Waals surface area (Å²) in [6.45, 7) is 13.2. The molecule has 2 aliphatic rings. The maximum absolute atomic E-state index is 9.35. The van der Waals surface area contributed by atoms with E-state index >= 15 is 0 Å². The van der Waals surface area contributed by atoms with Crippen LogP contribution < -0.4 is 0 Å². The van der Waals surface area contributed by atoms with Crippen molar-refractivity contribution in [1.29, 1.82) is 0 Å². The lowest BCUT2D eigenvalue weighted by molar-refractivity contribution is -0.0238. The Morgan fingerprint density at radius 3 is 2.12 bits per heavy atom. The van der Waals surface area contributed by atoms with Crippen molar-refractivity contribution < 1.29 is 5.11 Å². The summed E-state index contributed by atoms with van der Waals surface area (Å²) in [6.07, 6.45) is 6.39. The van der Waals surface area contributed by atoms with Crippen molar-refractivity contribution in [3.05, 3.63) is 33.8 Å². The van der Waals surface area contributed by atoms with Crippen LogP contribution in [-0.2, 0) is 19.4 Å². The summed E-state index contributed by atoms with van der Waals surface area (Å²) in [5.41, 5.74) is 3.70. The van der Waals surface area contributed by atoms with Gasteiger partial charge in [-0.3, -0.25) is 4.90 Å². The molecule has 2 nitrogen and oxygen atoms in total. The monoisotopic (exact) mass is 351 g/mol. The van der Waals surface area contributed by atoms with E-state index in [4.69, 9.17) is 11.6 Å². The standard InChI is InChI=1S/C14H18ClN.C7H16O/c15-14-12(10-16-8-9-16)7-6-11-4-2-1-3-5-13(11)14;1-6(2,3)7(4,5)8/h6-7H,1-5,8-10H2;8H,1-5H3. The Balaban J connectivity index is 0.000000224. The van der Waals surface area contributed by atoms with Gasteiger partial charge >= 0.3 is 0 Å². The molecule has 0 unspecified atom stereocenters. The molecule has 1 heterocycles. The predicted octanol–water partition coefficient (Wildman–Crippen LogP) is 5.23. The minimum Gasteiger partial charge on any atom is -0.390 e. The first-order chi connectivity index (χ1) is 11.1. The van der Waals surface area contributed by atoms with Gasteiger partial charge < -0.3 is 5.11 Å². The normalized spacial score (nSPS) is 18.3. The van der Waals surface area contributed by atoms with Gasteiger partial charge in [0.05, 0.1) is 5.60 Å². The number of aliphatic hydroxyl groups is 1. The van der Waals surface area contributed by atoms with Crippen molar-refractivity contribution in [3.8, 4) is 0 Å². The van der Waals surface area contributed by atoms with Crippen molar-refractivity contribution in [3.63, 3.8) is 0 Å². The molecule has 3 heteroatoms. The fourth-order valence-corrected chi connectivity index (χ4v) is 2.94. The lowest BCUT2D eigenvalue weighted by Crippen LogP contribution is -2.35. The molecule has 1 fully saturated rings. The minimum absolute atomic E-state index is 0.00694. The van der Waals surface area contributed by atoms with E-state index in [2.05, 4.69) is 17.0 Å². The highest BCUT2D eigenvalue weighted by Crippen LogP contribution is 2.31. The molecule has 0 atom stereocenters. The quantitative estimate of drug-likeness (QED) is 0.582. The van der Waals surface area contributed by atoms with Crippen LogP contribution in [0.3, 0.4) is 0 Å². The molecule has 0 bridgehead atoms. The smallest absolute Gasteiger partial charge is 0.0639 e. The molecule has 0 radical (unpaired) electrons. The van der Waals surface area contributed by atoms with Crippen molar-refractivity contribution in [2.24, 2.45) is 5.41 Å². The number of fused-ring (bicyclic) bond motifs is 1. The first-order valence-electron chi connectivity index (χ1n) is 9.33. The molecular formula is C21H34ClNO. The van der Waals surface area contributed by atoms with Crippen molar-refractivity contribution in [1.82, 2.24) is 4.90 Å². The molecule has 1 aliphatic carbocycles. The minimum atomic E-state index is -0.562. The zero-order valence-corrected chi connectivity index (χ0v) is 16.8. The van der Waals surface area contributed by atoms with Gasteiger partial charge in [0.25, 0.3) is 0 Å². The van der Waals surface area contributed by atoms with Crippen molar-refractivity contribution in [2.75, 3.05) is 13.1 Å². The fourth-order valence-electron chi connectivity index (χ4n) is 2.60. The Morgan fingerprint density at radius 1 is 1.00 bits per heavy atom. The average Bonchev–Trinajstić information content (AvgIpc) is 3.27. The third-order valence-electron chi connectivity index (χ3n) is 5.56. The number of hydrogen-bond acceptors (Lipinski definition) is 2. The summed E-state index contributed by atoms with van der Waals surface area (Å²) in [4.78, 5) is 2.42. The highest BCUT2D eigenvalue weighted by atomic mass is 35.5. The third-order valence-corrected chi connectivity index (χ3v) is 6.03. The molecule has 0 amide bonds. The molecular weight excluding hydrogens is 318 g/mol. The Labute approximate surface area is 153 Å². The molecule has 1 aromatic carbocycles. The summed E-state index contributed by atoms with van der Waals surface area (Å²) >= 11 is 6.54. The summed E-state index contributed by atoms with van der Waals surface area (Å²) in [5.74, 6) is 0. The van der Waals surface area contributed by atoms with Crippen LogP contribution in [0.25, 0.3) is 0 Å². The van der Waals surface area contributed by atoms with E-state index in [1.165, 1.54) is 61.9 Å². The van der Waals surface area contributed by atoms with E-state index in [9.17, 15) is 5.11 Å². The van der Waals surface area contributed by atoms with Gasteiger partial charge in [-0.15, -0.1) is 0 Å². The van der Waals surface area contributed by atoms with Gasteiger partial charge in [0, 0.05) is 24.7 Å². The van der Waals surface area contributed by atoms with Crippen LogP contribution in [0.15, 0.2) is 12.1 Å². The molecule has 0 aromatic heterocycles. The summed E-state index contributed by atoms with van der Waals surface area (Å²) in [5, 5.41) is 10.4. The largest absolute Gasteiger partial charge is 0.390 e. The van der Waals surface area contributed by atoms with Crippen molar-refractivity contribution >= 4 is 11.6 Å². The van der Waals surface area contributed by atoms with Gasteiger partial charge in [-0.25, -0.2) is 0 Å². The number of hydrogen-bond donors (Lipinski definition) is 1. The second-order valence-electron chi connectivity index (χ2n) is 8.82. The van der Waals surface area contributed by atoms with Crippen molar-refractivity contribution in [2.45, 2.75) is 78.9 Å². The van der Waals surface area contributed by atoms with Crippen LogP contribution in [0.5, 0.6) is 0 Å². The topological polar surface area (TPSA) is 23.2 Å². The van der Waals surface area contributed by atoms with Crippen LogP contribution in [0.1, 0.15) is 70.6 Å². The average molecular weight is 352 g/mol. The summed E-state index contributed by atoms with van der Waals surface area (Å²) in [7, 11) is 0. The fraction of sp³-hybridized carbons (Fsp3) is 0.714. The van der Waals surface area contributed by atoms with E-state index < -0.39 is 5.60 Å². The van der Waals surface area contributed by atoms with Crippen LogP contribution >= 0.6 is 11.6 Å². The highest BCUT2D eigenvalue weighted by molar-refractivity contribution is 6.32. The Hall–Kier alpha value is -0.570. The molecule has 1 saturated heterocycles. The Morgan fingerprint density at radius 2 is 1.58 bits per heavy atom. The molecule has 1 aliphatic heterocycles. The highest BCUT2D eigenvalue weighted by Gasteiger charge is 2.29. The first kappa shape index (κ1) is 19.8. The lowest BCUT2D eigenvalue weighted by Gasteiger charge is -2.33. The molecule has 1 aromatic rings. The van der Waals surface area contributed by atoms with E-state index in [0.717, 1.165) is 11.6 Å². The molecule has 1 N–H and O–H groups in total. The zero-order chi connectivity index (χ0) is 18.0. The molecule has 0 spiro atoms. The van der Waals surface area contributed by atoms with E-state index in [0.29, 0.717) is 0 Å². The molecule has 136 valence electrons. The van der Waals surface area contributed by atoms with Crippen LogP contribution in [0, 0.1) is 5.41 Å². The number of halogens is 1. The van der Waals surface area contributed by atoms with Gasteiger partial charge in [0.15, 0.2) is 0 Å². The molecule has 3 rings (SSSR count). The number of benzene rings is 1. The van der Waals surface area contributed by atoms with Gasteiger partial charge in [-0.05, 0) is 61.6 Å². The van der Waals surface area contributed by atoms with Gasteiger partial charge in [-0.1, -0.05) is 50.9 Å². The molecule has 0 saturated carbocycles. The SMILES string of the molecule is CC(C)(C)C(C)(C)O.Clc1c(CN2CC2)ccc2c1CCCCC2. The third kappa shape index (κ3) is 5.47. The van der Waals surface area contributed by atoms with E-state index in [1.54, 1.807) is 0 Å². The Bertz CT molecular complexity index is 538. The summed E-state index contributed by atoms with van der Waals surface area (Å²) < 4.78 is 0. The van der Waals surface area contributed by atoms with Crippen LogP contribution in [-0.4, -0.2) is 28.7 Å². The predicted molar refractivity (Wildman–Crippen MR) is 104 cm³/mol. The number of rotatable bonds is 2. The van der Waals surface area contributed by atoms with E-state index in [-0.39, 0.29) is 5.41 Å². The maximum Gasteiger partial charge on any atom is 0.0639 e. The van der Waals surface area contributed by atoms with Gasteiger partial charge in [-0.2, -0.15) is 0 Å². The second-order valence-corrected chi connectivity index (χ2v) is 9.20. The number of nitrogens with zero attached hydrogens (tertiary/aromatic N) is 1. The zero-order valence-electron chi connectivity index (χ0n) is 16.1. The van der Waals surface area contributed by atoms with Crippen LogP contribution in [0.2, 0.25) is 5.02 Å². The van der Waals surface area contributed by atoms with E-state index in [1.807, 2.05) is 34.6 Å². The van der Waals surface area contributed by atoms with Gasteiger partial charge in [0.1, 0.15) is 0 Å². The Kier molecular flexibility index (Phi) is 6.39. The number of aryl methyl sites for hydroxylation is 1. The summed E-state index contributed by atoms with van der Waals surface area (Å²) in [6, 6.07) is 4.55. The molecule has 24 heavy (non-hydrogen) atoms. The first-order valence-corrected chi connectivity index (χ1v) is 9.71. The van der Waals surface area contributed by atoms with Crippen LogP contribution in [0.4, 0.5) is 0 Å². The lowest BCUT2D eigenvalue weighted by atomic mass is 9.79. The maximum atomic E-state index is 9.35. The van der Waals surface area contributed by atoms with Gasteiger partial charge in [0.2, 0.25) is 0 Å². The second kappa shape index (κ2) is 7.76.